The van der Waals surface area contributed by atoms with Crippen molar-refractivity contribution in [1.82, 2.24) is 4.98 Å². The van der Waals surface area contributed by atoms with Gasteiger partial charge in [0.15, 0.2) is 17.3 Å². The number of carbonyl (C=O) groups is 1. The van der Waals surface area contributed by atoms with E-state index in [1.807, 2.05) is 25.1 Å². The van der Waals surface area contributed by atoms with Crippen molar-refractivity contribution in [3.05, 3.63) is 40.5 Å². The molecule has 132 valence electrons. The summed E-state index contributed by atoms with van der Waals surface area (Å²) in [6.07, 6.45) is 2.29. The van der Waals surface area contributed by atoms with Gasteiger partial charge in [0, 0.05) is 17.5 Å². The largest absolute Gasteiger partial charge is 0.490 e. The van der Waals surface area contributed by atoms with Crippen LogP contribution >= 0.6 is 35.0 Å². The van der Waals surface area contributed by atoms with Gasteiger partial charge >= 0.3 is 0 Å². The van der Waals surface area contributed by atoms with E-state index >= 15 is 0 Å². The van der Waals surface area contributed by atoms with Crippen LogP contribution in [0.3, 0.4) is 0 Å². The zero-order chi connectivity index (χ0) is 17.8. The molecule has 1 aromatic carbocycles. The Hall–Kier alpha value is -1.63. The number of ether oxygens (including phenoxy) is 2. The van der Waals surface area contributed by atoms with Crippen molar-refractivity contribution in [3.8, 4) is 11.5 Å². The standard InChI is InChI=1S/C17H16Cl2N2O3S/c1-10(17(22)21-16-13(19)7-11(18)9-20-16)25-12-3-4-14-15(8-12)24-6-2-5-23-14/h3-4,7-10H,2,5-6H2,1H3,(H,20,21,22). The summed E-state index contributed by atoms with van der Waals surface area (Å²) in [6.45, 7) is 3.08. The quantitative estimate of drug-likeness (QED) is 0.758. The highest BCUT2D eigenvalue weighted by molar-refractivity contribution is 8.00. The number of nitrogens with one attached hydrogen (secondary N) is 1. The summed E-state index contributed by atoms with van der Waals surface area (Å²) in [5.74, 6) is 1.53. The monoisotopic (exact) mass is 398 g/mol. The van der Waals surface area contributed by atoms with Gasteiger partial charge in [-0.15, -0.1) is 11.8 Å². The van der Waals surface area contributed by atoms with E-state index in [0.717, 1.165) is 17.1 Å². The number of pyridine rings is 1. The normalized spacial score (nSPS) is 14.5. The number of fused-ring (bicyclic) bond motifs is 1. The first-order valence-corrected chi connectivity index (χ1v) is 9.34. The van der Waals surface area contributed by atoms with E-state index < -0.39 is 0 Å². The molecule has 0 aliphatic carbocycles. The number of hydrogen-bond donors (Lipinski definition) is 1. The maximum absolute atomic E-state index is 12.4. The summed E-state index contributed by atoms with van der Waals surface area (Å²) in [5, 5.41) is 3.08. The third-order valence-electron chi connectivity index (χ3n) is 3.45. The number of halogens is 2. The minimum Gasteiger partial charge on any atom is -0.490 e. The molecule has 0 bridgehead atoms. The Morgan fingerprint density at radius 3 is 2.76 bits per heavy atom. The Labute approximate surface area is 160 Å². The van der Waals surface area contributed by atoms with E-state index in [-0.39, 0.29) is 11.2 Å². The minimum atomic E-state index is -0.349. The Bertz CT molecular complexity index is 788. The van der Waals surface area contributed by atoms with E-state index in [9.17, 15) is 4.79 Å². The fourth-order valence-corrected chi connectivity index (χ4v) is 3.52. The SMILES string of the molecule is CC(Sc1ccc2c(c1)OCCCO2)C(=O)Nc1ncc(Cl)cc1Cl. The number of hydrogen-bond acceptors (Lipinski definition) is 5. The number of carbonyl (C=O) groups excluding carboxylic acids is 1. The van der Waals surface area contributed by atoms with Gasteiger partial charge in [0.1, 0.15) is 0 Å². The predicted molar refractivity (Wildman–Crippen MR) is 100 cm³/mol. The molecule has 1 N–H and O–H groups in total. The molecule has 2 aromatic rings. The molecule has 8 heteroatoms. The number of amides is 1. The molecular formula is C17H16Cl2N2O3S. The average Bonchev–Trinajstić information content (AvgIpc) is 2.82. The molecule has 0 spiro atoms. The second-order valence-electron chi connectivity index (χ2n) is 5.39. The van der Waals surface area contributed by atoms with Crippen LogP contribution in [0.2, 0.25) is 10.0 Å². The van der Waals surface area contributed by atoms with Crippen molar-refractivity contribution in [2.75, 3.05) is 18.5 Å². The van der Waals surface area contributed by atoms with Gasteiger partial charge in [-0.1, -0.05) is 23.2 Å². The van der Waals surface area contributed by atoms with E-state index in [2.05, 4.69) is 10.3 Å². The highest BCUT2D eigenvalue weighted by Gasteiger charge is 2.18. The van der Waals surface area contributed by atoms with Crippen molar-refractivity contribution in [1.29, 1.82) is 0 Å². The topological polar surface area (TPSA) is 60.5 Å². The molecule has 2 heterocycles. The summed E-state index contributed by atoms with van der Waals surface area (Å²) in [5.41, 5.74) is 0. The van der Waals surface area contributed by atoms with Crippen LogP contribution in [0, 0.1) is 0 Å². The number of aromatic nitrogens is 1. The second kappa shape index (κ2) is 8.17. The zero-order valence-corrected chi connectivity index (χ0v) is 15.7. The lowest BCUT2D eigenvalue weighted by Crippen LogP contribution is -2.23. The number of benzene rings is 1. The number of rotatable bonds is 4. The second-order valence-corrected chi connectivity index (χ2v) is 7.65. The van der Waals surface area contributed by atoms with Crippen LogP contribution < -0.4 is 14.8 Å². The molecule has 1 aromatic heterocycles. The van der Waals surface area contributed by atoms with E-state index in [1.165, 1.54) is 24.0 Å². The first-order valence-electron chi connectivity index (χ1n) is 7.71. The van der Waals surface area contributed by atoms with Gasteiger partial charge < -0.3 is 14.8 Å². The molecule has 0 fully saturated rings. The van der Waals surface area contributed by atoms with Crippen molar-refractivity contribution in [2.24, 2.45) is 0 Å². The van der Waals surface area contributed by atoms with E-state index in [1.54, 1.807) is 0 Å². The van der Waals surface area contributed by atoms with Gasteiger partial charge in [-0.05, 0) is 31.2 Å². The van der Waals surface area contributed by atoms with E-state index in [0.29, 0.717) is 34.8 Å². The molecule has 1 aliphatic heterocycles. The van der Waals surface area contributed by atoms with Gasteiger partial charge in [0.25, 0.3) is 0 Å². The van der Waals surface area contributed by atoms with Crippen LogP contribution in [0.1, 0.15) is 13.3 Å². The highest BCUT2D eigenvalue weighted by atomic mass is 35.5. The number of anilines is 1. The smallest absolute Gasteiger partial charge is 0.238 e. The molecule has 25 heavy (non-hydrogen) atoms. The van der Waals surface area contributed by atoms with E-state index in [4.69, 9.17) is 32.7 Å². The molecule has 1 amide bonds. The predicted octanol–water partition coefficient (Wildman–Crippen LogP) is 4.67. The summed E-state index contributed by atoms with van der Waals surface area (Å²) in [7, 11) is 0. The van der Waals surface area contributed by atoms with Gasteiger partial charge in [-0.3, -0.25) is 4.79 Å². The van der Waals surface area contributed by atoms with Crippen LogP contribution in [0.5, 0.6) is 11.5 Å². The molecule has 3 rings (SSSR count). The van der Waals surface area contributed by atoms with Gasteiger partial charge in [-0.25, -0.2) is 4.98 Å². The Kier molecular flexibility index (Phi) is 5.93. The van der Waals surface area contributed by atoms with Crippen LogP contribution in [0.4, 0.5) is 5.82 Å². The first-order chi connectivity index (χ1) is 12.0. The summed E-state index contributed by atoms with van der Waals surface area (Å²) in [6, 6.07) is 7.21. The maximum atomic E-state index is 12.4. The Morgan fingerprint density at radius 1 is 1.24 bits per heavy atom. The molecule has 0 saturated heterocycles. The van der Waals surface area contributed by atoms with Crippen molar-refractivity contribution in [2.45, 2.75) is 23.5 Å². The van der Waals surface area contributed by atoms with Crippen LogP contribution in [-0.4, -0.2) is 29.4 Å². The van der Waals surface area contributed by atoms with Crippen molar-refractivity contribution in [3.63, 3.8) is 0 Å². The minimum absolute atomic E-state index is 0.200. The average molecular weight is 399 g/mol. The Morgan fingerprint density at radius 2 is 2.00 bits per heavy atom. The number of thioether (sulfide) groups is 1. The fourth-order valence-electron chi connectivity index (χ4n) is 2.20. The molecule has 1 aliphatic rings. The van der Waals surface area contributed by atoms with Crippen molar-refractivity contribution < 1.29 is 14.3 Å². The fraction of sp³-hybridized carbons (Fsp3) is 0.294. The third-order valence-corrected chi connectivity index (χ3v) is 5.04. The van der Waals surface area contributed by atoms with Crippen LogP contribution in [-0.2, 0) is 4.79 Å². The Balaban J connectivity index is 1.66. The van der Waals surface area contributed by atoms with Gasteiger partial charge in [0.2, 0.25) is 5.91 Å². The van der Waals surface area contributed by atoms with Crippen LogP contribution in [0.15, 0.2) is 35.4 Å². The van der Waals surface area contributed by atoms with Gasteiger partial charge in [0.05, 0.1) is 28.5 Å². The van der Waals surface area contributed by atoms with Gasteiger partial charge in [-0.2, -0.15) is 0 Å². The number of nitrogens with zero attached hydrogens (tertiary/aromatic N) is 1. The molecule has 0 radical (unpaired) electrons. The molecule has 0 saturated carbocycles. The zero-order valence-electron chi connectivity index (χ0n) is 13.4. The summed E-state index contributed by atoms with van der Waals surface area (Å²) >= 11 is 13.3. The van der Waals surface area contributed by atoms with Crippen molar-refractivity contribution >= 4 is 46.7 Å². The molecule has 5 nitrogen and oxygen atoms in total. The summed E-state index contributed by atoms with van der Waals surface area (Å²) in [4.78, 5) is 17.3. The maximum Gasteiger partial charge on any atom is 0.238 e. The summed E-state index contributed by atoms with van der Waals surface area (Å²) < 4.78 is 11.3. The lowest BCUT2D eigenvalue weighted by molar-refractivity contribution is -0.115. The van der Waals surface area contributed by atoms with Crippen LogP contribution in [0.25, 0.3) is 0 Å². The molecule has 1 atom stereocenters. The first kappa shape index (κ1) is 18.2. The lowest BCUT2D eigenvalue weighted by Gasteiger charge is -2.14. The molecule has 1 unspecified atom stereocenters. The molecular weight excluding hydrogens is 383 g/mol. The third kappa shape index (κ3) is 4.71. The highest BCUT2D eigenvalue weighted by Crippen LogP contribution is 2.35. The lowest BCUT2D eigenvalue weighted by atomic mass is 10.3.